The molecular formula is C10H18N2O2. The first-order valence-corrected chi connectivity index (χ1v) is 5.38. The normalized spacial score (nSPS) is 37.4. The Bertz CT molecular complexity index is 232. The van der Waals surface area contributed by atoms with Crippen LogP contribution < -0.4 is 5.73 Å². The van der Waals surface area contributed by atoms with Crippen molar-refractivity contribution < 1.29 is 9.90 Å². The molecule has 3 rings (SSSR count). The van der Waals surface area contributed by atoms with E-state index >= 15 is 0 Å². The summed E-state index contributed by atoms with van der Waals surface area (Å²) in [7, 11) is 0. The first-order chi connectivity index (χ1) is 6.66. The van der Waals surface area contributed by atoms with Crippen LogP contribution in [0.25, 0.3) is 0 Å². The molecular weight excluding hydrogens is 180 g/mol. The van der Waals surface area contributed by atoms with Crippen molar-refractivity contribution >= 4 is 5.97 Å². The Hall–Kier alpha value is -0.610. The number of carbonyl (C=O) groups is 1. The Morgan fingerprint density at radius 2 is 2.29 bits per heavy atom. The van der Waals surface area contributed by atoms with Crippen molar-refractivity contribution in [1.82, 2.24) is 4.90 Å². The van der Waals surface area contributed by atoms with Gasteiger partial charge in [0.05, 0.1) is 6.42 Å². The zero-order chi connectivity index (χ0) is 10.1. The maximum Gasteiger partial charge on any atom is 0.304 e. The molecule has 14 heavy (non-hydrogen) atoms. The van der Waals surface area contributed by atoms with E-state index in [0.29, 0.717) is 24.5 Å². The summed E-state index contributed by atoms with van der Waals surface area (Å²) in [6, 6.07) is 0.907. The van der Waals surface area contributed by atoms with E-state index in [-0.39, 0.29) is 6.42 Å². The van der Waals surface area contributed by atoms with Crippen LogP contribution in [-0.2, 0) is 4.79 Å². The summed E-state index contributed by atoms with van der Waals surface area (Å²) in [6.07, 6.45) is 3.76. The summed E-state index contributed by atoms with van der Waals surface area (Å²) in [6.45, 7) is 1.71. The molecule has 3 unspecified atom stereocenters. The zero-order valence-corrected chi connectivity index (χ0v) is 8.35. The van der Waals surface area contributed by atoms with Crippen LogP contribution in [0.15, 0.2) is 0 Å². The highest BCUT2D eigenvalue weighted by atomic mass is 16.4. The summed E-state index contributed by atoms with van der Waals surface area (Å²) in [5, 5.41) is 8.61. The molecule has 0 aromatic carbocycles. The predicted octanol–water partition coefficient (Wildman–Crippen LogP) is 0.273. The Morgan fingerprint density at radius 1 is 1.50 bits per heavy atom. The zero-order valence-electron chi connectivity index (χ0n) is 8.35. The summed E-state index contributed by atoms with van der Waals surface area (Å²) in [5.74, 6) is -0.0930. The molecule has 4 nitrogen and oxygen atoms in total. The molecule has 0 amide bonds. The van der Waals surface area contributed by atoms with Crippen LogP contribution in [-0.4, -0.2) is 41.1 Å². The fourth-order valence-electron chi connectivity index (χ4n) is 2.77. The molecule has 0 aromatic rings. The second kappa shape index (κ2) is 3.87. The van der Waals surface area contributed by atoms with E-state index < -0.39 is 5.97 Å². The topological polar surface area (TPSA) is 66.6 Å². The van der Waals surface area contributed by atoms with Crippen molar-refractivity contribution in [3.05, 3.63) is 0 Å². The molecule has 80 valence electrons. The van der Waals surface area contributed by atoms with Gasteiger partial charge in [-0.15, -0.1) is 0 Å². The van der Waals surface area contributed by atoms with Gasteiger partial charge in [0, 0.05) is 25.2 Å². The average Bonchev–Trinajstić information content (AvgIpc) is 2.16. The van der Waals surface area contributed by atoms with Gasteiger partial charge >= 0.3 is 5.97 Å². The molecule has 3 atom stereocenters. The highest BCUT2D eigenvalue weighted by Crippen LogP contribution is 2.34. The van der Waals surface area contributed by atoms with E-state index in [4.69, 9.17) is 10.8 Å². The van der Waals surface area contributed by atoms with Gasteiger partial charge in [0.25, 0.3) is 0 Å². The third kappa shape index (κ3) is 1.91. The van der Waals surface area contributed by atoms with Gasteiger partial charge in [-0.25, -0.2) is 0 Å². The SMILES string of the molecule is NC1CC2CCC1CN2CCC(=O)O. The van der Waals surface area contributed by atoms with Gasteiger partial charge in [-0.3, -0.25) is 9.69 Å². The van der Waals surface area contributed by atoms with E-state index in [1.165, 1.54) is 12.8 Å². The molecule has 1 aliphatic carbocycles. The van der Waals surface area contributed by atoms with Crippen LogP contribution in [0.3, 0.4) is 0 Å². The van der Waals surface area contributed by atoms with E-state index in [1.54, 1.807) is 0 Å². The van der Waals surface area contributed by atoms with Crippen molar-refractivity contribution in [2.24, 2.45) is 11.7 Å². The second-order valence-electron chi connectivity index (χ2n) is 4.53. The molecule has 2 heterocycles. The second-order valence-corrected chi connectivity index (χ2v) is 4.53. The quantitative estimate of drug-likeness (QED) is 0.683. The lowest BCUT2D eigenvalue weighted by Crippen LogP contribution is -2.56. The van der Waals surface area contributed by atoms with E-state index in [1.807, 2.05) is 0 Å². The number of piperidine rings is 2. The summed E-state index contributed by atoms with van der Waals surface area (Å²) >= 11 is 0. The first-order valence-electron chi connectivity index (χ1n) is 5.38. The molecule has 2 saturated heterocycles. The van der Waals surface area contributed by atoms with Gasteiger partial charge in [0.2, 0.25) is 0 Å². The molecule has 2 aliphatic heterocycles. The van der Waals surface area contributed by atoms with Crippen LogP contribution in [0.5, 0.6) is 0 Å². The van der Waals surface area contributed by atoms with Crippen molar-refractivity contribution in [2.45, 2.75) is 37.8 Å². The molecule has 0 radical (unpaired) electrons. The first kappa shape index (κ1) is 9.93. The number of carboxylic acids is 1. The lowest BCUT2D eigenvalue weighted by Gasteiger charge is -2.48. The van der Waals surface area contributed by atoms with Crippen LogP contribution in [0.1, 0.15) is 25.7 Å². The number of hydrogen-bond acceptors (Lipinski definition) is 3. The van der Waals surface area contributed by atoms with Gasteiger partial charge in [-0.05, 0) is 25.2 Å². The van der Waals surface area contributed by atoms with E-state index in [9.17, 15) is 4.79 Å². The highest BCUT2D eigenvalue weighted by Gasteiger charge is 2.38. The lowest BCUT2D eigenvalue weighted by molar-refractivity contribution is -0.137. The van der Waals surface area contributed by atoms with Gasteiger partial charge < -0.3 is 10.8 Å². The molecule has 3 aliphatic rings. The Labute approximate surface area is 84.1 Å². The Morgan fingerprint density at radius 3 is 2.79 bits per heavy atom. The number of aliphatic carboxylic acids is 1. The fraction of sp³-hybridized carbons (Fsp3) is 0.900. The Balaban J connectivity index is 1.87. The number of nitrogens with zero attached hydrogens (tertiary/aromatic N) is 1. The monoisotopic (exact) mass is 198 g/mol. The van der Waals surface area contributed by atoms with E-state index in [0.717, 1.165) is 13.0 Å². The van der Waals surface area contributed by atoms with Gasteiger partial charge in [-0.1, -0.05) is 0 Å². The van der Waals surface area contributed by atoms with Crippen molar-refractivity contribution in [1.29, 1.82) is 0 Å². The maximum absolute atomic E-state index is 10.5. The number of hydrogen-bond donors (Lipinski definition) is 2. The Kier molecular flexibility index (Phi) is 2.74. The number of carboxylic acid groups (broad SMARTS) is 1. The van der Waals surface area contributed by atoms with Gasteiger partial charge in [0.1, 0.15) is 0 Å². The number of fused-ring (bicyclic) bond motifs is 3. The largest absolute Gasteiger partial charge is 0.481 e. The van der Waals surface area contributed by atoms with Crippen molar-refractivity contribution in [3.8, 4) is 0 Å². The van der Waals surface area contributed by atoms with Crippen LogP contribution >= 0.6 is 0 Å². The predicted molar refractivity (Wildman–Crippen MR) is 52.9 cm³/mol. The van der Waals surface area contributed by atoms with Gasteiger partial charge in [-0.2, -0.15) is 0 Å². The summed E-state index contributed by atoms with van der Waals surface area (Å²) < 4.78 is 0. The van der Waals surface area contributed by atoms with Crippen molar-refractivity contribution in [2.75, 3.05) is 13.1 Å². The minimum atomic E-state index is -0.698. The minimum Gasteiger partial charge on any atom is -0.481 e. The van der Waals surface area contributed by atoms with E-state index in [2.05, 4.69) is 4.90 Å². The molecule has 0 spiro atoms. The third-order valence-corrected chi connectivity index (χ3v) is 3.62. The number of rotatable bonds is 3. The molecule has 1 saturated carbocycles. The summed E-state index contributed by atoms with van der Waals surface area (Å²) in [5.41, 5.74) is 6.00. The van der Waals surface area contributed by atoms with Gasteiger partial charge in [0.15, 0.2) is 0 Å². The standard InChI is InChI=1S/C10H18N2O2/c11-9-5-8-2-1-7(9)6-12(8)4-3-10(13)14/h7-9H,1-6,11H2,(H,13,14). The smallest absolute Gasteiger partial charge is 0.304 e. The highest BCUT2D eigenvalue weighted by molar-refractivity contribution is 5.66. The molecule has 3 fully saturated rings. The fourth-order valence-corrected chi connectivity index (χ4v) is 2.77. The van der Waals surface area contributed by atoms with Crippen LogP contribution in [0, 0.1) is 5.92 Å². The molecule has 3 N–H and O–H groups in total. The molecule has 0 aromatic heterocycles. The molecule has 2 bridgehead atoms. The number of nitrogens with two attached hydrogens (primary N) is 1. The third-order valence-electron chi connectivity index (χ3n) is 3.62. The molecule has 4 heteroatoms. The van der Waals surface area contributed by atoms with Crippen molar-refractivity contribution in [3.63, 3.8) is 0 Å². The minimum absolute atomic E-state index is 0.262. The lowest BCUT2D eigenvalue weighted by atomic mass is 9.76. The average molecular weight is 198 g/mol. The van der Waals surface area contributed by atoms with Crippen LogP contribution in [0.4, 0.5) is 0 Å². The summed E-state index contributed by atoms with van der Waals surface area (Å²) in [4.78, 5) is 12.8. The maximum atomic E-state index is 10.5. The van der Waals surface area contributed by atoms with Crippen LogP contribution in [0.2, 0.25) is 0 Å².